The second-order valence-electron chi connectivity index (χ2n) is 5.75. The zero-order valence-electron chi connectivity index (χ0n) is 13.9. The number of hydrogen-bond acceptors (Lipinski definition) is 5. The van der Waals surface area contributed by atoms with Gasteiger partial charge in [0.25, 0.3) is 0 Å². The number of carbonyl (C=O) groups is 1. The quantitative estimate of drug-likeness (QED) is 0.856. The van der Waals surface area contributed by atoms with Gasteiger partial charge >= 0.3 is 0 Å². The minimum Gasteiger partial charge on any atom is -0.486 e. The number of benzene rings is 1. The van der Waals surface area contributed by atoms with E-state index in [1.165, 1.54) is 0 Å². The monoisotopic (exact) mass is 361 g/mol. The van der Waals surface area contributed by atoms with Gasteiger partial charge in [0.2, 0.25) is 5.91 Å². The van der Waals surface area contributed by atoms with Crippen molar-refractivity contribution in [2.45, 2.75) is 25.7 Å². The van der Waals surface area contributed by atoms with Gasteiger partial charge < -0.3 is 20.1 Å². The van der Waals surface area contributed by atoms with Crippen LogP contribution >= 0.6 is 11.6 Å². The molecule has 2 N–H and O–H groups in total. The second kappa shape index (κ2) is 8.29. The van der Waals surface area contributed by atoms with Crippen LogP contribution in [-0.4, -0.2) is 36.2 Å². The topological polar surface area (TPSA) is 72.5 Å². The molecule has 0 unspecified atom stereocenters. The van der Waals surface area contributed by atoms with Gasteiger partial charge in [0.05, 0.1) is 23.4 Å². The molecule has 1 aliphatic rings. The molecule has 1 aliphatic heterocycles. The number of hydrogen-bond donors (Lipinski definition) is 2. The SMILES string of the molecule is C[C@H]1OCCN[C@@H]1C(=O)Nc1ccc(OCc2ccccn2)c(Cl)c1. The molecule has 0 saturated carbocycles. The Hall–Kier alpha value is -2.15. The number of anilines is 1. The van der Waals surface area contributed by atoms with Gasteiger partial charge in [-0.05, 0) is 37.3 Å². The highest BCUT2D eigenvalue weighted by Gasteiger charge is 2.28. The van der Waals surface area contributed by atoms with Gasteiger partial charge in [-0.3, -0.25) is 9.78 Å². The van der Waals surface area contributed by atoms with Crippen molar-refractivity contribution in [2.75, 3.05) is 18.5 Å². The van der Waals surface area contributed by atoms with Crippen molar-refractivity contribution in [3.8, 4) is 5.75 Å². The van der Waals surface area contributed by atoms with Crippen molar-refractivity contribution in [2.24, 2.45) is 0 Å². The van der Waals surface area contributed by atoms with Gasteiger partial charge in [0.15, 0.2) is 0 Å². The maximum absolute atomic E-state index is 12.3. The van der Waals surface area contributed by atoms with Gasteiger partial charge in [-0.2, -0.15) is 0 Å². The maximum atomic E-state index is 12.3. The number of carbonyl (C=O) groups excluding carboxylic acids is 1. The number of halogens is 1. The lowest BCUT2D eigenvalue weighted by molar-refractivity contribution is -0.123. The lowest BCUT2D eigenvalue weighted by atomic mass is 10.1. The van der Waals surface area contributed by atoms with Crippen LogP contribution in [0.2, 0.25) is 5.02 Å². The third-order valence-electron chi connectivity index (χ3n) is 3.90. The van der Waals surface area contributed by atoms with Crippen LogP contribution in [0.25, 0.3) is 0 Å². The van der Waals surface area contributed by atoms with E-state index in [1.807, 2.05) is 25.1 Å². The van der Waals surface area contributed by atoms with E-state index in [4.69, 9.17) is 21.1 Å². The fourth-order valence-electron chi connectivity index (χ4n) is 2.58. The third-order valence-corrected chi connectivity index (χ3v) is 4.20. The Bertz CT molecular complexity index is 727. The highest BCUT2D eigenvalue weighted by molar-refractivity contribution is 6.32. The van der Waals surface area contributed by atoms with Crippen molar-refractivity contribution < 1.29 is 14.3 Å². The first-order chi connectivity index (χ1) is 12.1. The third kappa shape index (κ3) is 4.69. The van der Waals surface area contributed by atoms with Crippen LogP contribution < -0.4 is 15.4 Å². The molecular weight excluding hydrogens is 342 g/mol. The van der Waals surface area contributed by atoms with Crippen LogP contribution in [0.4, 0.5) is 5.69 Å². The summed E-state index contributed by atoms with van der Waals surface area (Å²) in [6.45, 7) is 3.47. The van der Waals surface area contributed by atoms with Crippen LogP contribution in [0.3, 0.4) is 0 Å². The number of ether oxygens (including phenoxy) is 2. The van der Waals surface area contributed by atoms with E-state index in [-0.39, 0.29) is 18.1 Å². The van der Waals surface area contributed by atoms with Crippen LogP contribution in [0.15, 0.2) is 42.6 Å². The summed E-state index contributed by atoms with van der Waals surface area (Å²) in [5.41, 5.74) is 1.42. The Morgan fingerprint density at radius 1 is 1.44 bits per heavy atom. The summed E-state index contributed by atoms with van der Waals surface area (Å²) in [5, 5.41) is 6.43. The summed E-state index contributed by atoms with van der Waals surface area (Å²) < 4.78 is 11.2. The molecule has 2 aromatic rings. The average Bonchev–Trinajstić information content (AvgIpc) is 2.62. The van der Waals surface area contributed by atoms with Gasteiger partial charge in [0, 0.05) is 18.4 Å². The normalized spacial score (nSPS) is 20.1. The standard InChI is InChI=1S/C18H20ClN3O3/c1-12-17(21-8-9-24-12)18(23)22-13-5-6-16(15(19)10-13)25-11-14-4-2-3-7-20-14/h2-7,10,12,17,21H,8-9,11H2,1H3,(H,22,23)/t12-,17+/m1/s1. The second-order valence-corrected chi connectivity index (χ2v) is 6.16. The smallest absolute Gasteiger partial charge is 0.244 e. The molecule has 0 radical (unpaired) electrons. The molecule has 0 spiro atoms. The number of amides is 1. The summed E-state index contributed by atoms with van der Waals surface area (Å²) in [7, 11) is 0. The van der Waals surface area contributed by atoms with Crippen LogP contribution in [0.1, 0.15) is 12.6 Å². The Kier molecular flexibility index (Phi) is 5.86. The summed E-state index contributed by atoms with van der Waals surface area (Å²) in [5.74, 6) is 0.392. The summed E-state index contributed by atoms with van der Waals surface area (Å²) >= 11 is 6.26. The molecule has 2 heterocycles. The lowest BCUT2D eigenvalue weighted by Gasteiger charge is -2.29. The van der Waals surface area contributed by atoms with E-state index in [0.717, 1.165) is 5.69 Å². The first kappa shape index (κ1) is 17.7. The lowest BCUT2D eigenvalue weighted by Crippen LogP contribution is -2.53. The molecule has 0 aliphatic carbocycles. The van der Waals surface area contributed by atoms with Crippen molar-refractivity contribution >= 4 is 23.2 Å². The Labute approximate surface area is 151 Å². The van der Waals surface area contributed by atoms with E-state index < -0.39 is 0 Å². The van der Waals surface area contributed by atoms with Crippen molar-refractivity contribution in [1.29, 1.82) is 0 Å². The largest absolute Gasteiger partial charge is 0.486 e. The predicted octanol–water partition coefficient (Wildman–Crippen LogP) is 2.63. The van der Waals surface area contributed by atoms with E-state index >= 15 is 0 Å². The molecule has 25 heavy (non-hydrogen) atoms. The van der Waals surface area contributed by atoms with Crippen molar-refractivity contribution in [1.82, 2.24) is 10.3 Å². The van der Waals surface area contributed by atoms with Crippen LogP contribution in [0.5, 0.6) is 5.75 Å². The van der Waals surface area contributed by atoms with Gasteiger partial charge in [0.1, 0.15) is 18.4 Å². The minimum atomic E-state index is -0.382. The molecule has 1 saturated heterocycles. The molecule has 1 fully saturated rings. The Morgan fingerprint density at radius 2 is 2.32 bits per heavy atom. The molecule has 1 aromatic carbocycles. The fourth-order valence-corrected chi connectivity index (χ4v) is 2.81. The van der Waals surface area contributed by atoms with Gasteiger partial charge in [-0.25, -0.2) is 0 Å². The molecule has 3 rings (SSSR count). The highest BCUT2D eigenvalue weighted by Crippen LogP contribution is 2.28. The number of aromatic nitrogens is 1. The zero-order valence-corrected chi connectivity index (χ0v) is 14.6. The predicted molar refractivity (Wildman–Crippen MR) is 95.9 cm³/mol. The van der Waals surface area contributed by atoms with Crippen molar-refractivity contribution in [3.63, 3.8) is 0 Å². The maximum Gasteiger partial charge on any atom is 0.244 e. The molecule has 2 atom stereocenters. The van der Waals surface area contributed by atoms with Crippen molar-refractivity contribution in [3.05, 3.63) is 53.3 Å². The minimum absolute atomic E-state index is 0.148. The van der Waals surface area contributed by atoms with E-state index in [2.05, 4.69) is 15.6 Å². The Morgan fingerprint density at radius 3 is 3.04 bits per heavy atom. The molecule has 7 heteroatoms. The molecule has 6 nitrogen and oxygen atoms in total. The summed E-state index contributed by atoms with van der Waals surface area (Å²) in [6.07, 6.45) is 1.54. The average molecular weight is 362 g/mol. The number of rotatable bonds is 5. The summed E-state index contributed by atoms with van der Waals surface area (Å²) in [4.78, 5) is 16.5. The molecular formula is C18H20ClN3O3. The van der Waals surface area contributed by atoms with Gasteiger partial charge in [-0.1, -0.05) is 17.7 Å². The van der Waals surface area contributed by atoms with Crippen LogP contribution in [-0.2, 0) is 16.1 Å². The first-order valence-electron chi connectivity index (χ1n) is 8.11. The fraction of sp³-hybridized carbons (Fsp3) is 0.333. The van der Waals surface area contributed by atoms with E-state index in [0.29, 0.717) is 36.2 Å². The van der Waals surface area contributed by atoms with E-state index in [1.54, 1.807) is 24.4 Å². The summed E-state index contributed by atoms with van der Waals surface area (Å²) in [6, 6.07) is 10.4. The molecule has 132 valence electrons. The van der Waals surface area contributed by atoms with Gasteiger partial charge in [-0.15, -0.1) is 0 Å². The number of pyridine rings is 1. The first-order valence-corrected chi connectivity index (χ1v) is 8.49. The zero-order chi connectivity index (χ0) is 17.6. The number of nitrogens with zero attached hydrogens (tertiary/aromatic N) is 1. The number of nitrogens with one attached hydrogen (secondary N) is 2. The van der Waals surface area contributed by atoms with Crippen LogP contribution in [0, 0.1) is 0 Å². The highest BCUT2D eigenvalue weighted by atomic mass is 35.5. The molecule has 1 aromatic heterocycles. The molecule has 0 bridgehead atoms. The number of morpholine rings is 1. The Balaban J connectivity index is 1.60. The molecule has 1 amide bonds. The van der Waals surface area contributed by atoms with E-state index in [9.17, 15) is 4.79 Å².